The highest BCUT2D eigenvalue weighted by Crippen LogP contribution is 2.47. The summed E-state index contributed by atoms with van der Waals surface area (Å²) < 4.78 is 0. The fourth-order valence-corrected chi connectivity index (χ4v) is 10.6. The van der Waals surface area contributed by atoms with Gasteiger partial charge in [-0.2, -0.15) is 0 Å². The van der Waals surface area contributed by atoms with E-state index in [1.807, 2.05) is 0 Å². The topological polar surface area (TPSA) is 6.48 Å². The van der Waals surface area contributed by atoms with Crippen molar-refractivity contribution in [3.05, 3.63) is 157 Å². The molecule has 0 fully saturated rings. The van der Waals surface area contributed by atoms with E-state index in [1.54, 1.807) is 0 Å². The van der Waals surface area contributed by atoms with E-state index in [0.717, 1.165) is 0 Å². The zero-order valence-corrected chi connectivity index (χ0v) is 36.9. The molecular formula is C52H56N2Si2. The Morgan fingerprint density at radius 1 is 0.339 bits per heavy atom. The predicted molar refractivity (Wildman–Crippen MR) is 254 cm³/mol. The first-order valence-corrected chi connectivity index (χ1v) is 27.4. The number of hydrogen-bond acceptors (Lipinski definition) is 2. The third-order valence-electron chi connectivity index (χ3n) is 11.7. The third kappa shape index (κ3) is 6.95. The van der Waals surface area contributed by atoms with Crippen LogP contribution in [0.1, 0.15) is 50.7 Å². The van der Waals surface area contributed by atoms with Crippen LogP contribution in [0.5, 0.6) is 0 Å². The van der Waals surface area contributed by atoms with Gasteiger partial charge < -0.3 is 9.80 Å². The van der Waals surface area contributed by atoms with Gasteiger partial charge in [0, 0.05) is 33.5 Å². The minimum atomic E-state index is -1.46. The van der Waals surface area contributed by atoms with Crippen LogP contribution in [0.2, 0.25) is 39.3 Å². The molecule has 56 heavy (non-hydrogen) atoms. The average molecular weight is 765 g/mol. The Morgan fingerprint density at radius 2 is 0.625 bits per heavy atom. The second-order valence-electron chi connectivity index (χ2n) is 18.3. The zero-order chi connectivity index (χ0) is 39.5. The van der Waals surface area contributed by atoms with Crippen LogP contribution >= 0.6 is 0 Å². The van der Waals surface area contributed by atoms with Crippen molar-refractivity contribution in [2.75, 3.05) is 9.80 Å². The molecule has 0 radical (unpaired) electrons. The minimum Gasteiger partial charge on any atom is -0.310 e. The number of rotatable bonds is 10. The van der Waals surface area contributed by atoms with Crippen molar-refractivity contribution in [2.24, 2.45) is 0 Å². The van der Waals surface area contributed by atoms with E-state index in [1.165, 1.54) is 87.9 Å². The van der Waals surface area contributed by atoms with E-state index in [2.05, 4.69) is 222 Å². The fourth-order valence-electron chi connectivity index (χ4n) is 8.25. The van der Waals surface area contributed by atoms with E-state index in [9.17, 15) is 0 Å². The van der Waals surface area contributed by atoms with Crippen molar-refractivity contribution in [2.45, 2.75) is 78.8 Å². The molecule has 0 spiro atoms. The minimum absolute atomic E-state index is 0.475. The summed E-state index contributed by atoms with van der Waals surface area (Å²) in [6.45, 7) is 23.6. The lowest BCUT2D eigenvalue weighted by molar-refractivity contribution is 0.866. The maximum atomic E-state index is 2.47. The molecule has 0 heterocycles. The molecule has 0 aromatic heterocycles. The Hall–Kier alpha value is -5.17. The van der Waals surface area contributed by atoms with Gasteiger partial charge in [0.1, 0.15) is 0 Å². The smallest absolute Gasteiger partial charge is 0.0775 e. The molecule has 0 atom stereocenters. The lowest BCUT2D eigenvalue weighted by Crippen LogP contribution is -2.37. The van der Waals surface area contributed by atoms with Gasteiger partial charge >= 0.3 is 0 Å². The van der Waals surface area contributed by atoms with Gasteiger partial charge in [-0.3, -0.25) is 0 Å². The van der Waals surface area contributed by atoms with Crippen molar-refractivity contribution in [3.8, 4) is 0 Å². The fraction of sp³-hybridized carbons (Fsp3) is 0.231. The molecule has 8 aromatic rings. The third-order valence-corrected chi connectivity index (χ3v) is 15.9. The number of nitrogens with zero attached hydrogens (tertiary/aromatic N) is 2. The molecule has 2 nitrogen and oxygen atoms in total. The molecule has 8 rings (SSSR count). The molecule has 0 aliphatic carbocycles. The highest BCUT2D eigenvalue weighted by molar-refractivity contribution is 6.89. The SMILES string of the molecule is CC(C)c1ccc(N(c2ccc([Si](C)(C)C)cc2)c2ccc3ccc4c(N(c5ccc(C(C)C)cc5)c5ccc([Si](C)(C)C)cc5)ccc5ccc2c3c54)cc1. The maximum Gasteiger partial charge on any atom is 0.0775 e. The summed E-state index contributed by atoms with van der Waals surface area (Å²) in [6, 6.07) is 55.8. The van der Waals surface area contributed by atoms with Crippen molar-refractivity contribution < 1.29 is 0 Å². The number of benzene rings is 8. The molecule has 0 amide bonds. The van der Waals surface area contributed by atoms with Crippen LogP contribution in [0.4, 0.5) is 34.1 Å². The first-order valence-electron chi connectivity index (χ1n) is 20.4. The summed E-state index contributed by atoms with van der Waals surface area (Å²) in [7, 11) is -2.92. The Kier molecular flexibility index (Phi) is 9.71. The molecule has 0 unspecified atom stereocenters. The molecule has 0 bridgehead atoms. The Balaban J connectivity index is 1.35. The molecular weight excluding hydrogens is 709 g/mol. The van der Waals surface area contributed by atoms with E-state index < -0.39 is 16.1 Å². The van der Waals surface area contributed by atoms with Gasteiger partial charge in [-0.25, -0.2) is 0 Å². The maximum absolute atomic E-state index is 2.47. The predicted octanol–water partition coefficient (Wildman–Crippen LogP) is 14.9. The van der Waals surface area contributed by atoms with Gasteiger partial charge in [-0.05, 0) is 105 Å². The van der Waals surface area contributed by atoms with Gasteiger partial charge in [0.05, 0.1) is 27.5 Å². The van der Waals surface area contributed by atoms with Gasteiger partial charge in [-0.1, -0.05) is 162 Å². The summed E-state index contributed by atoms with van der Waals surface area (Å²) in [6.07, 6.45) is 0. The summed E-state index contributed by atoms with van der Waals surface area (Å²) >= 11 is 0. The molecule has 4 heteroatoms. The van der Waals surface area contributed by atoms with Gasteiger partial charge in [0.2, 0.25) is 0 Å². The molecule has 0 saturated carbocycles. The highest BCUT2D eigenvalue weighted by atomic mass is 28.3. The largest absolute Gasteiger partial charge is 0.310 e. The summed E-state index contributed by atoms with van der Waals surface area (Å²) in [5.41, 5.74) is 9.79. The molecule has 0 saturated heterocycles. The lowest BCUT2D eigenvalue weighted by atomic mass is 9.91. The molecule has 0 aliphatic rings. The molecule has 0 N–H and O–H groups in total. The van der Waals surface area contributed by atoms with Gasteiger partial charge in [-0.15, -0.1) is 0 Å². The van der Waals surface area contributed by atoms with Crippen LogP contribution in [-0.4, -0.2) is 16.1 Å². The van der Waals surface area contributed by atoms with Crippen LogP contribution in [0.3, 0.4) is 0 Å². The normalized spacial score (nSPS) is 12.4. The van der Waals surface area contributed by atoms with Crippen molar-refractivity contribution in [1.82, 2.24) is 0 Å². The quantitative estimate of drug-likeness (QED) is 0.101. The first kappa shape index (κ1) is 37.7. The molecule has 8 aromatic carbocycles. The van der Waals surface area contributed by atoms with Crippen molar-refractivity contribution >= 4 is 93.0 Å². The second-order valence-corrected chi connectivity index (χ2v) is 28.5. The van der Waals surface area contributed by atoms with Crippen LogP contribution in [-0.2, 0) is 0 Å². The first-order chi connectivity index (χ1) is 26.7. The van der Waals surface area contributed by atoms with E-state index >= 15 is 0 Å². The van der Waals surface area contributed by atoms with E-state index in [4.69, 9.17) is 0 Å². The van der Waals surface area contributed by atoms with Crippen molar-refractivity contribution in [3.63, 3.8) is 0 Å². The number of anilines is 6. The van der Waals surface area contributed by atoms with Crippen LogP contribution in [0.25, 0.3) is 32.3 Å². The standard InChI is InChI=1S/C52H56N2Si2/c1-35(2)37-11-19-41(20-12-37)53(43-23-27-45(28-24-43)55(5,6)7)49-33-17-39-16-32-48-50(34-18-40-15-31-47(49)51(39)52(40)48)54(42-21-13-38(14-22-42)36(3)4)44-25-29-46(30-26-44)56(8,9)10/h11-36H,1-10H3. The van der Waals surface area contributed by atoms with Crippen LogP contribution in [0, 0.1) is 0 Å². The van der Waals surface area contributed by atoms with Crippen LogP contribution in [0.15, 0.2) is 146 Å². The van der Waals surface area contributed by atoms with Gasteiger partial charge in [0.15, 0.2) is 0 Å². The second kappa shape index (κ2) is 14.4. The Labute approximate surface area is 336 Å². The molecule has 0 aliphatic heterocycles. The number of hydrogen-bond donors (Lipinski definition) is 0. The highest BCUT2D eigenvalue weighted by Gasteiger charge is 2.24. The summed E-state index contributed by atoms with van der Waals surface area (Å²) in [5, 5.41) is 10.6. The van der Waals surface area contributed by atoms with E-state index in [-0.39, 0.29) is 0 Å². The summed E-state index contributed by atoms with van der Waals surface area (Å²) in [5.74, 6) is 0.950. The van der Waals surface area contributed by atoms with Gasteiger partial charge in [0.25, 0.3) is 0 Å². The zero-order valence-electron chi connectivity index (χ0n) is 34.9. The molecule has 282 valence electrons. The Morgan fingerprint density at radius 3 is 0.911 bits per heavy atom. The van der Waals surface area contributed by atoms with Crippen LogP contribution < -0.4 is 20.2 Å². The monoisotopic (exact) mass is 764 g/mol. The van der Waals surface area contributed by atoms with Crippen molar-refractivity contribution in [1.29, 1.82) is 0 Å². The average Bonchev–Trinajstić information content (AvgIpc) is 3.18. The summed E-state index contributed by atoms with van der Waals surface area (Å²) in [4.78, 5) is 4.93. The Bertz CT molecular complexity index is 2440. The van der Waals surface area contributed by atoms with E-state index in [0.29, 0.717) is 11.8 Å². The lowest BCUT2D eigenvalue weighted by Gasteiger charge is -2.30.